The van der Waals surface area contributed by atoms with E-state index in [1.807, 2.05) is 49.4 Å². The van der Waals surface area contributed by atoms with Gasteiger partial charge in [-0.25, -0.2) is 0 Å². The minimum atomic E-state index is -0.582. The van der Waals surface area contributed by atoms with E-state index < -0.39 is 6.04 Å². The fourth-order valence-corrected chi connectivity index (χ4v) is 3.92. The number of methoxy groups -OCH3 is 1. The van der Waals surface area contributed by atoms with Crippen LogP contribution in [0, 0.1) is 0 Å². The molecule has 30 heavy (non-hydrogen) atoms. The number of carbonyl (C=O) groups excluding carboxylic acids is 2. The van der Waals surface area contributed by atoms with Crippen molar-refractivity contribution in [3.8, 4) is 5.75 Å². The third-order valence-electron chi connectivity index (χ3n) is 4.67. The van der Waals surface area contributed by atoms with E-state index in [9.17, 15) is 9.59 Å². The number of carbonyl (C=O) groups is 2. The fraction of sp³-hybridized carbons (Fsp3) is 0.391. The molecule has 0 aromatic heterocycles. The van der Waals surface area contributed by atoms with Crippen molar-refractivity contribution in [2.75, 3.05) is 19.4 Å². The summed E-state index contributed by atoms with van der Waals surface area (Å²) >= 11 is 7.82. The van der Waals surface area contributed by atoms with Gasteiger partial charge in [0.25, 0.3) is 0 Å². The second-order valence-electron chi connectivity index (χ2n) is 6.92. The molecule has 0 aliphatic heterocycles. The Morgan fingerprint density at radius 1 is 1.17 bits per heavy atom. The first-order chi connectivity index (χ1) is 14.5. The highest BCUT2D eigenvalue weighted by molar-refractivity contribution is 7.99. The predicted octanol–water partition coefficient (Wildman–Crippen LogP) is 4.53. The van der Waals surface area contributed by atoms with E-state index in [2.05, 4.69) is 5.32 Å². The normalized spacial score (nSPS) is 11.6. The first-order valence-corrected chi connectivity index (χ1v) is 11.5. The van der Waals surface area contributed by atoms with Crippen molar-refractivity contribution in [1.29, 1.82) is 0 Å². The summed E-state index contributed by atoms with van der Waals surface area (Å²) in [5.74, 6) is 1.54. The van der Waals surface area contributed by atoms with Crippen LogP contribution in [0.5, 0.6) is 5.75 Å². The maximum atomic E-state index is 13.0. The largest absolute Gasteiger partial charge is 0.497 e. The molecule has 2 amide bonds. The Hall–Kier alpha value is -2.18. The van der Waals surface area contributed by atoms with Gasteiger partial charge in [0.2, 0.25) is 11.8 Å². The SMILES string of the molecule is CCCNC(=O)[C@H](C)N(Cc1ccccc1Cl)C(=O)CSCc1ccc(OC)cc1. The average molecular weight is 449 g/mol. The molecule has 2 rings (SSSR count). The molecule has 0 bridgehead atoms. The number of ether oxygens (including phenoxy) is 1. The van der Waals surface area contributed by atoms with Gasteiger partial charge in [0.05, 0.1) is 12.9 Å². The standard InChI is InChI=1S/C23H29ClN2O3S/c1-4-13-25-23(28)17(2)26(14-19-7-5-6-8-21(19)24)22(27)16-30-15-18-9-11-20(29-3)12-10-18/h5-12,17H,4,13-16H2,1-3H3,(H,25,28)/t17-/m0/s1. The maximum absolute atomic E-state index is 13.0. The van der Waals surface area contributed by atoms with Crippen LogP contribution in [0.15, 0.2) is 48.5 Å². The van der Waals surface area contributed by atoms with Crippen LogP contribution in [0.2, 0.25) is 5.02 Å². The number of amides is 2. The van der Waals surface area contributed by atoms with Crippen molar-refractivity contribution in [3.05, 3.63) is 64.7 Å². The quantitative estimate of drug-likeness (QED) is 0.548. The Morgan fingerprint density at radius 3 is 2.50 bits per heavy atom. The van der Waals surface area contributed by atoms with Crippen LogP contribution in [-0.4, -0.2) is 42.2 Å². The number of thioether (sulfide) groups is 1. The number of halogens is 1. The van der Waals surface area contributed by atoms with Crippen molar-refractivity contribution in [2.45, 2.75) is 38.6 Å². The van der Waals surface area contributed by atoms with Crippen LogP contribution >= 0.6 is 23.4 Å². The van der Waals surface area contributed by atoms with Gasteiger partial charge in [-0.2, -0.15) is 0 Å². The number of nitrogens with zero attached hydrogens (tertiary/aromatic N) is 1. The van der Waals surface area contributed by atoms with E-state index >= 15 is 0 Å². The molecule has 162 valence electrons. The van der Waals surface area contributed by atoms with Crippen LogP contribution in [-0.2, 0) is 21.9 Å². The lowest BCUT2D eigenvalue weighted by molar-refractivity contribution is -0.138. The summed E-state index contributed by atoms with van der Waals surface area (Å²) in [6, 6.07) is 14.6. The third-order valence-corrected chi connectivity index (χ3v) is 6.03. The molecule has 1 atom stereocenters. The molecular weight excluding hydrogens is 420 g/mol. The third kappa shape index (κ3) is 7.26. The highest BCUT2D eigenvalue weighted by atomic mass is 35.5. The second kappa shape index (κ2) is 12.5. The van der Waals surface area contributed by atoms with Gasteiger partial charge in [-0.05, 0) is 42.7 Å². The fourth-order valence-electron chi connectivity index (χ4n) is 2.85. The van der Waals surface area contributed by atoms with Gasteiger partial charge in [-0.3, -0.25) is 9.59 Å². The summed E-state index contributed by atoms with van der Waals surface area (Å²) in [4.78, 5) is 27.2. The summed E-state index contributed by atoms with van der Waals surface area (Å²) in [7, 11) is 1.63. The highest BCUT2D eigenvalue weighted by Crippen LogP contribution is 2.21. The molecule has 0 radical (unpaired) electrons. The van der Waals surface area contributed by atoms with Gasteiger partial charge < -0.3 is 15.0 Å². The zero-order chi connectivity index (χ0) is 21.9. The number of benzene rings is 2. The molecule has 0 saturated heterocycles. The summed E-state index contributed by atoms with van der Waals surface area (Å²) < 4.78 is 5.17. The molecule has 0 unspecified atom stereocenters. The van der Waals surface area contributed by atoms with E-state index in [4.69, 9.17) is 16.3 Å². The molecule has 0 heterocycles. The molecule has 5 nitrogen and oxygen atoms in total. The first kappa shape index (κ1) is 24.1. The maximum Gasteiger partial charge on any atom is 0.242 e. The van der Waals surface area contributed by atoms with Crippen molar-refractivity contribution >= 4 is 35.2 Å². The van der Waals surface area contributed by atoms with Crippen molar-refractivity contribution < 1.29 is 14.3 Å². The molecule has 7 heteroatoms. The number of hydrogen-bond donors (Lipinski definition) is 1. The number of nitrogens with one attached hydrogen (secondary N) is 1. The Balaban J connectivity index is 2.04. The first-order valence-electron chi connectivity index (χ1n) is 9.97. The molecule has 2 aromatic rings. The van der Waals surface area contributed by atoms with Crippen LogP contribution in [0.1, 0.15) is 31.4 Å². The van der Waals surface area contributed by atoms with E-state index in [0.717, 1.165) is 23.3 Å². The monoisotopic (exact) mass is 448 g/mol. The number of rotatable bonds is 11. The minimum absolute atomic E-state index is 0.0902. The van der Waals surface area contributed by atoms with E-state index in [1.165, 1.54) is 11.8 Å². The van der Waals surface area contributed by atoms with Crippen molar-refractivity contribution in [3.63, 3.8) is 0 Å². The predicted molar refractivity (Wildman–Crippen MR) is 124 cm³/mol. The van der Waals surface area contributed by atoms with Crippen LogP contribution < -0.4 is 10.1 Å². The zero-order valence-electron chi connectivity index (χ0n) is 17.7. The summed E-state index contributed by atoms with van der Waals surface area (Å²) in [5, 5.41) is 3.46. The summed E-state index contributed by atoms with van der Waals surface area (Å²) in [5.41, 5.74) is 1.93. The Bertz CT molecular complexity index is 829. The lowest BCUT2D eigenvalue weighted by Crippen LogP contribution is -2.48. The van der Waals surface area contributed by atoms with Gasteiger partial charge in [0.1, 0.15) is 11.8 Å². The molecule has 0 saturated carbocycles. The molecule has 0 aliphatic carbocycles. The van der Waals surface area contributed by atoms with E-state index in [1.54, 1.807) is 25.0 Å². The van der Waals surface area contributed by atoms with Gasteiger partial charge in [-0.15, -0.1) is 11.8 Å². The molecule has 2 aromatic carbocycles. The Labute approximate surface area is 188 Å². The topological polar surface area (TPSA) is 58.6 Å². The second-order valence-corrected chi connectivity index (χ2v) is 8.31. The molecule has 0 aliphatic rings. The van der Waals surface area contributed by atoms with Crippen LogP contribution in [0.3, 0.4) is 0 Å². The van der Waals surface area contributed by atoms with Crippen molar-refractivity contribution in [2.24, 2.45) is 0 Å². The number of hydrogen-bond acceptors (Lipinski definition) is 4. The lowest BCUT2D eigenvalue weighted by Gasteiger charge is -2.29. The van der Waals surface area contributed by atoms with Crippen molar-refractivity contribution in [1.82, 2.24) is 10.2 Å². The van der Waals surface area contributed by atoms with Gasteiger partial charge >= 0.3 is 0 Å². The summed E-state index contributed by atoms with van der Waals surface area (Å²) in [6.07, 6.45) is 0.842. The molecular formula is C23H29ClN2O3S. The van der Waals surface area contributed by atoms with Gasteiger partial charge in [0, 0.05) is 23.9 Å². The molecule has 0 spiro atoms. The lowest BCUT2D eigenvalue weighted by atomic mass is 10.1. The Kier molecular flexibility index (Phi) is 10.0. The summed E-state index contributed by atoms with van der Waals surface area (Å²) in [6.45, 7) is 4.63. The average Bonchev–Trinajstić information content (AvgIpc) is 2.76. The smallest absolute Gasteiger partial charge is 0.242 e. The van der Waals surface area contributed by atoms with E-state index in [-0.39, 0.29) is 17.6 Å². The highest BCUT2D eigenvalue weighted by Gasteiger charge is 2.26. The van der Waals surface area contributed by atoms with Gasteiger partial charge in [0.15, 0.2) is 0 Å². The Morgan fingerprint density at radius 2 is 1.87 bits per heavy atom. The minimum Gasteiger partial charge on any atom is -0.497 e. The van der Waals surface area contributed by atoms with Crippen LogP contribution in [0.25, 0.3) is 0 Å². The molecule has 0 fully saturated rings. The van der Waals surface area contributed by atoms with Gasteiger partial charge in [-0.1, -0.05) is 48.9 Å². The zero-order valence-corrected chi connectivity index (χ0v) is 19.3. The molecule has 1 N–H and O–H groups in total. The van der Waals surface area contributed by atoms with E-state index in [0.29, 0.717) is 23.9 Å². The van der Waals surface area contributed by atoms with Crippen LogP contribution in [0.4, 0.5) is 0 Å².